The van der Waals surface area contributed by atoms with Crippen molar-refractivity contribution < 1.29 is 19.1 Å². The highest BCUT2D eigenvalue weighted by atomic mass is 79.9. The molecule has 0 radical (unpaired) electrons. The summed E-state index contributed by atoms with van der Waals surface area (Å²) in [6.07, 6.45) is -0.301. The van der Waals surface area contributed by atoms with Crippen LogP contribution in [0.4, 0.5) is 15.3 Å². The zero-order chi connectivity index (χ0) is 38.0. The van der Waals surface area contributed by atoms with Crippen LogP contribution in [0.25, 0.3) is 0 Å². The van der Waals surface area contributed by atoms with Gasteiger partial charge < -0.3 is 29.5 Å². The van der Waals surface area contributed by atoms with E-state index in [9.17, 15) is 9.59 Å². The summed E-state index contributed by atoms with van der Waals surface area (Å²) in [6.45, 7) is 13.5. The number of rotatable bonds is 5. The van der Waals surface area contributed by atoms with Crippen LogP contribution in [-0.4, -0.2) is 97.6 Å². The van der Waals surface area contributed by atoms with Gasteiger partial charge in [0.2, 0.25) is 0 Å². The smallest absolute Gasteiger partial charge is 0.415 e. The second-order valence-electron chi connectivity index (χ2n) is 14.0. The molecule has 0 saturated carbocycles. The fourth-order valence-electron chi connectivity index (χ4n) is 6.75. The molecule has 0 aromatic heterocycles. The highest BCUT2D eigenvalue weighted by Gasteiger charge is 2.26. The van der Waals surface area contributed by atoms with Gasteiger partial charge >= 0.3 is 11.5 Å². The lowest BCUT2D eigenvalue weighted by molar-refractivity contribution is 0.148. The van der Waals surface area contributed by atoms with Crippen molar-refractivity contribution >= 4 is 60.7 Å². The molecule has 0 spiro atoms. The third-order valence-electron chi connectivity index (χ3n) is 9.97. The average molecular weight is 883 g/mol. The predicted octanol–water partition coefficient (Wildman–Crippen LogP) is 7.94. The second-order valence-corrected chi connectivity index (χ2v) is 16.1. The van der Waals surface area contributed by atoms with Gasteiger partial charge in [0.25, 0.3) is 0 Å². The highest BCUT2D eigenvalue weighted by molar-refractivity contribution is 9.10. The zero-order valence-electron chi connectivity index (χ0n) is 30.8. The first kappa shape index (κ1) is 40.2. The van der Waals surface area contributed by atoms with Gasteiger partial charge in [0.1, 0.15) is 11.5 Å². The topological polar surface area (TPSA) is 80.8 Å². The molecule has 1 N–H and O–H groups in total. The van der Waals surface area contributed by atoms with Crippen molar-refractivity contribution in [2.75, 3.05) is 71.4 Å². The van der Waals surface area contributed by atoms with Gasteiger partial charge in [-0.15, -0.1) is 0 Å². The van der Waals surface area contributed by atoms with E-state index >= 15 is 0 Å². The molecule has 0 unspecified atom stereocenters. The molecule has 8 rings (SSSR count). The molecule has 0 bridgehead atoms. The number of benzene rings is 4. The van der Waals surface area contributed by atoms with Gasteiger partial charge in [-0.25, -0.2) is 9.59 Å². The minimum Gasteiger partial charge on any atom is -0.415 e. The molecule has 0 aliphatic carbocycles. The van der Waals surface area contributed by atoms with Crippen molar-refractivity contribution in [1.29, 1.82) is 0 Å². The molecule has 1 amide bonds. The van der Waals surface area contributed by atoms with E-state index in [-0.39, 0.29) is 6.09 Å². The van der Waals surface area contributed by atoms with E-state index < -0.39 is 5.43 Å². The van der Waals surface area contributed by atoms with Gasteiger partial charge in [0, 0.05) is 111 Å². The van der Waals surface area contributed by atoms with Crippen LogP contribution in [0.15, 0.2) is 93.9 Å². The zero-order valence-corrected chi connectivity index (χ0v) is 34.7. The third kappa shape index (κ3) is 11.8. The van der Waals surface area contributed by atoms with Crippen LogP contribution in [0.5, 0.6) is 11.5 Å². The SMILES string of the molecule is CN1CCN(Cc2ccc3c(c2)CNC3)CC1.CN1CCN(c2ccc3c(c2)CN(C(=O)Oc2ccc(Br)cc2)C3)CC1.O=C(Cl)Oc1ccc(Br)cc1. The summed E-state index contributed by atoms with van der Waals surface area (Å²) in [5.41, 5.74) is 7.29. The largest absolute Gasteiger partial charge is 0.415 e. The average Bonchev–Trinajstić information content (AvgIpc) is 3.82. The van der Waals surface area contributed by atoms with E-state index in [4.69, 9.17) is 16.3 Å². The molecule has 54 heavy (non-hydrogen) atoms. The maximum atomic E-state index is 12.5. The normalized spacial score (nSPS) is 17.1. The van der Waals surface area contributed by atoms with Crippen molar-refractivity contribution in [3.8, 4) is 11.5 Å². The van der Waals surface area contributed by atoms with Crippen molar-refractivity contribution in [2.24, 2.45) is 0 Å². The molecule has 4 aromatic carbocycles. The predicted molar refractivity (Wildman–Crippen MR) is 221 cm³/mol. The molecular weight excluding hydrogens is 836 g/mol. The Kier molecular flexibility index (Phi) is 14.4. The van der Waals surface area contributed by atoms with E-state index in [2.05, 4.69) is 112 Å². The summed E-state index contributed by atoms with van der Waals surface area (Å²) in [6, 6.07) is 27.6. The number of carbonyl (C=O) groups is 2. The maximum absolute atomic E-state index is 12.5. The molecule has 4 aliphatic heterocycles. The lowest BCUT2D eigenvalue weighted by Crippen LogP contribution is -2.44. The Labute approximate surface area is 340 Å². The van der Waals surface area contributed by atoms with Gasteiger partial charge in [-0.05, 0) is 103 Å². The summed E-state index contributed by atoms with van der Waals surface area (Å²) in [5.74, 6) is 1.00. The van der Waals surface area contributed by atoms with Crippen molar-refractivity contribution in [2.45, 2.75) is 32.7 Å². The summed E-state index contributed by atoms with van der Waals surface area (Å²) in [4.78, 5) is 34.2. The number of ether oxygens (including phenoxy) is 2. The molecule has 0 atom stereocenters. The number of hydrogen-bond donors (Lipinski definition) is 1. The molecule has 4 heterocycles. The monoisotopic (exact) mass is 880 g/mol. The summed E-state index contributed by atoms with van der Waals surface area (Å²) >= 11 is 11.6. The van der Waals surface area contributed by atoms with Crippen LogP contribution in [0.1, 0.15) is 27.8 Å². The van der Waals surface area contributed by atoms with E-state index in [0.717, 1.165) is 54.8 Å². The first-order valence-corrected chi connectivity index (χ1v) is 20.2. The number of carbonyl (C=O) groups excluding carboxylic acids is 2. The standard InChI is InChI=1S/C20H22BrN3O2.C14H21N3.C7H4BrClO2/c1-22-8-10-23(11-9-22)18-5-2-15-13-24(14-16(15)12-18)20(25)26-19-6-3-17(21)4-7-19;1-16-4-6-17(7-5-16)11-12-2-3-13-9-15-10-14(13)8-12;8-5-1-3-6(4-2-5)11-7(9)10/h2-7,12H,8-11,13-14H2,1H3;2-3,8,15H,4-7,9-11H2,1H3;1-4H. The quantitative estimate of drug-likeness (QED) is 0.201. The minimum absolute atomic E-state index is 0.301. The van der Waals surface area contributed by atoms with Crippen molar-refractivity contribution in [1.82, 2.24) is 24.9 Å². The highest BCUT2D eigenvalue weighted by Crippen LogP contribution is 2.29. The summed E-state index contributed by atoms with van der Waals surface area (Å²) < 4.78 is 12.0. The van der Waals surface area contributed by atoms with Gasteiger partial charge in [-0.3, -0.25) is 9.80 Å². The number of piperazine rings is 2. The molecule has 286 valence electrons. The van der Waals surface area contributed by atoms with Gasteiger partial charge in [-0.2, -0.15) is 0 Å². The summed E-state index contributed by atoms with van der Waals surface area (Å²) in [7, 11) is 4.37. The Morgan fingerprint density at radius 2 is 1.20 bits per heavy atom. The van der Waals surface area contributed by atoms with Crippen LogP contribution in [-0.2, 0) is 32.7 Å². The Hall–Kier alpha value is -3.49. The lowest BCUT2D eigenvalue weighted by atomic mass is 10.1. The Balaban J connectivity index is 0.000000152. The van der Waals surface area contributed by atoms with Crippen LogP contribution in [0.2, 0.25) is 0 Å². The molecular formula is C41H47Br2ClN6O4. The number of amides is 1. The number of anilines is 1. The molecule has 10 nitrogen and oxygen atoms in total. The van der Waals surface area contributed by atoms with E-state index in [0.29, 0.717) is 24.6 Å². The first-order valence-electron chi connectivity index (χ1n) is 18.2. The maximum Gasteiger partial charge on any atom is 0.415 e. The Morgan fingerprint density at radius 1 is 0.648 bits per heavy atom. The van der Waals surface area contributed by atoms with Gasteiger partial charge in [-0.1, -0.05) is 56.1 Å². The Morgan fingerprint density at radius 3 is 1.83 bits per heavy atom. The van der Waals surface area contributed by atoms with Crippen LogP contribution >= 0.6 is 43.5 Å². The molecule has 2 saturated heterocycles. The number of likely N-dealkylation sites (N-methyl/N-ethyl adjacent to an activating group) is 2. The second kappa shape index (κ2) is 19.4. The first-order chi connectivity index (χ1) is 26.1. The van der Waals surface area contributed by atoms with Gasteiger partial charge in [0.15, 0.2) is 0 Å². The van der Waals surface area contributed by atoms with E-state index in [1.807, 2.05) is 12.1 Å². The fourth-order valence-corrected chi connectivity index (χ4v) is 7.36. The van der Waals surface area contributed by atoms with E-state index in [1.165, 1.54) is 59.7 Å². The summed E-state index contributed by atoms with van der Waals surface area (Å²) in [5, 5.41) is 3.40. The third-order valence-corrected chi connectivity index (χ3v) is 11.1. The molecule has 2 fully saturated rings. The van der Waals surface area contributed by atoms with Crippen molar-refractivity contribution in [3.05, 3.63) is 122 Å². The van der Waals surface area contributed by atoms with Crippen LogP contribution < -0.4 is 19.7 Å². The van der Waals surface area contributed by atoms with Crippen LogP contribution in [0, 0.1) is 0 Å². The number of halogens is 3. The number of fused-ring (bicyclic) bond motifs is 2. The fraction of sp³-hybridized carbons (Fsp3) is 0.366. The molecule has 4 aromatic rings. The molecule has 13 heteroatoms. The lowest BCUT2D eigenvalue weighted by Gasteiger charge is -2.34. The van der Waals surface area contributed by atoms with Gasteiger partial charge in [0.05, 0.1) is 0 Å². The molecule has 4 aliphatic rings. The number of hydrogen-bond acceptors (Lipinski definition) is 9. The van der Waals surface area contributed by atoms with E-state index in [1.54, 1.807) is 41.3 Å². The number of nitrogens with one attached hydrogen (secondary N) is 1. The Bertz CT molecular complexity index is 1870. The number of nitrogens with zero attached hydrogens (tertiary/aromatic N) is 5. The minimum atomic E-state index is -0.827. The van der Waals surface area contributed by atoms with Crippen molar-refractivity contribution in [3.63, 3.8) is 0 Å². The van der Waals surface area contributed by atoms with Crippen LogP contribution in [0.3, 0.4) is 0 Å².